The summed E-state index contributed by atoms with van der Waals surface area (Å²) in [6.07, 6.45) is 0.764. The summed E-state index contributed by atoms with van der Waals surface area (Å²) in [5, 5.41) is 9.27. The summed E-state index contributed by atoms with van der Waals surface area (Å²) in [7, 11) is 0. The number of rotatable bonds is 5. The number of hydrogen-bond acceptors (Lipinski definition) is 1. The van der Waals surface area contributed by atoms with Crippen LogP contribution in [0.5, 0.6) is 0 Å². The molecule has 0 atom stereocenters. The largest absolute Gasteiger partial charge is 0.477 e. The number of nitrogens with zero attached hydrogens (tertiary/aromatic N) is 1. The molecule has 0 fully saturated rings. The third-order valence-corrected chi connectivity index (χ3v) is 3.34. The van der Waals surface area contributed by atoms with Gasteiger partial charge in [-0.15, -0.1) is 0 Å². The van der Waals surface area contributed by atoms with Gasteiger partial charge in [0.1, 0.15) is 5.69 Å². The van der Waals surface area contributed by atoms with Crippen molar-refractivity contribution in [1.82, 2.24) is 4.57 Å². The van der Waals surface area contributed by atoms with Gasteiger partial charge >= 0.3 is 5.97 Å². The molecule has 0 bridgehead atoms. The Labute approximate surface area is 119 Å². The van der Waals surface area contributed by atoms with Crippen LogP contribution in [0.4, 0.5) is 0 Å². The second-order valence-corrected chi connectivity index (χ2v) is 5.68. The zero-order chi connectivity index (χ0) is 14.7. The zero-order valence-corrected chi connectivity index (χ0v) is 12.3. The molecule has 3 heteroatoms. The van der Waals surface area contributed by atoms with Crippen LogP contribution in [0.25, 0.3) is 0 Å². The van der Waals surface area contributed by atoms with Crippen molar-refractivity contribution >= 4 is 5.97 Å². The van der Waals surface area contributed by atoms with Crippen molar-refractivity contribution in [2.75, 3.05) is 0 Å². The Morgan fingerprint density at radius 1 is 1.15 bits per heavy atom. The average molecular weight is 271 g/mol. The molecule has 0 aliphatic carbocycles. The molecule has 1 heterocycles. The molecule has 0 aliphatic heterocycles. The lowest BCUT2D eigenvalue weighted by atomic mass is 10.1. The Hall–Kier alpha value is -2.03. The summed E-state index contributed by atoms with van der Waals surface area (Å²) in [4.78, 5) is 11.3. The quantitative estimate of drug-likeness (QED) is 0.900. The van der Waals surface area contributed by atoms with Gasteiger partial charge in [0, 0.05) is 18.7 Å². The van der Waals surface area contributed by atoms with E-state index in [1.807, 2.05) is 10.6 Å². The molecule has 0 amide bonds. The molecule has 1 N–H and O–H groups in total. The summed E-state index contributed by atoms with van der Waals surface area (Å²) in [5.74, 6) is -0.446. The minimum Gasteiger partial charge on any atom is -0.477 e. The van der Waals surface area contributed by atoms with Crippen molar-refractivity contribution in [3.05, 3.63) is 58.9 Å². The molecule has 2 rings (SSSR count). The number of aromatic nitrogens is 1. The SMILES string of the molecule is Cc1ccc(Cc2ccc(C(=O)O)n2CC(C)C)cc1. The Balaban J connectivity index is 2.31. The lowest BCUT2D eigenvalue weighted by molar-refractivity contribution is 0.0684. The zero-order valence-electron chi connectivity index (χ0n) is 12.3. The Kier molecular flexibility index (Phi) is 4.28. The summed E-state index contributed by atoms with van der Waals surface area (Å²) in [5.41, 5.74) is 3.87. The van der Waals surface area contributed by atoms with Crippen LogP contribution in [0.15, 0.2) is 36.4 Å². The maximum absolute atomic E-state index is 11.3. The van der Waals surface area contributed by atoms with Crippen molar-refractivity contribution in [3.8, 4) is 0 Å². The molecule has 3 nitrogen and oxygen atoms in total. The van der Waals surface area contributed by atoms with Crippen molar-refractivity contribution in [3.63, 3.8) is 0 Å². The molecule has 106 valence electrons. The van der Waals surface area contributed by atoms with Gasteiger partial charge in [-0.25, -0.2) is 4.79 Å². The van der Waals surface area contributed by atoms with Crippen molar-refractivity contribution in [1.29, 1.82) is 0 Å². The van der Waals surface area contributed by atoms with Crippen molar-refractivity contribution in [2.24, 2.45) is 5.92 Å². The topological polar surface area (TPSA) is 42.2 Å². The summed E-state index contributed by atoms with van der Waals surface area (Å²) in [6, 6.07) is 12.0. The molecule has 0 radical (unpaired) electrons. The van der Waals surface area contributed by atoms with E-state index < -0.39 is 5.97 Å². The van der Waals surface area contributed by atoms with Crippen LogP contribution in [-0.2, 0) is 13.0 Å². The van der Waals surface area contributed by atoms with E-state index in [1.54, 1.807) is 6.07 Å². The molecule has 20 heavy (non-hydrogen) atoms. The van der Waals surface area contributed by atoms with Crippen LogP contribution in [0.2, 0.25) is 0 Å². The highest BCUT2D eigenvalue weighted by molar-refractivity contribution is 5.86. The van der Waals surface area contributed by atoms with Crippen LogP contribution in [0, 0.1) is 12.8 Å². The number of carboxylic acid groups (broad SMARTS) is 1. The van der Waals surface area contributed by atoms with E-state index >= 15 is 0 Å². The third kappa shape index (κ3) is 3.29. The maximum atomic E-state index is 11.3. The van der Waals surface area contributed by atoms with Gasteiger partial charge in [-0.3, -0.25) is 0 Å². The van der Waals surface area contributed by atoms with Crippen molar-refractivity contribution < 1.29 is 9.90 Å². The van der Waals surface area contributed by atoms with Gasteiger partial charge in [-0.1, -0.05) is 43.7 Å². The van der Waals surface area contributed by atoms with E-state index in [2.05, 4.69) is 45.0 Å². The summed E-state index contributed by atoms with van der Waals surface area (Å²) < 4.78 is 1.92. The molecule has 0 saturated heterocycles. The number of hydrogen-bond donors (Lipinski definition) is 1. The van der Waals surface area contributed by atoms with Gasteiger partial charge in [-0.05, 0) is 30.5 Å². The van der Waals surface area contributed by atoms with E-state index in [9.17, 15) is 9.90 Å². The van der Waals surface area contributed by atoms with Crippen LogP contribution in [-0.4, -0.2) is 15.6 Å². The lowest BCUT2D eigenvalue weighted by Gasteiger charge is -2.14. The number of aryl methyl sites for hydroxylation is 1. The first kappa shape index (κ1) is 14.4. The molecular formula is C17H21NO2. The molecule has 0 aliphatic rings. The highest BCUT2D eigenvalue weighted by Crippen LogP contribution is 2.17. The fourth-order valence-corrected chi connectivity index (χ4v) is 2.35. The number of benzene rings is 1. The smallest absolute Gasteiger partial charge is 0.352 e. The standard InChI is InChI=1S/C17H21NO2/c1-12(2)11-18-15(8-9-16(18)17(19)20)10-14-6-4-13(3)5-7-14/h4-9,12H,10-11H2,1-3H3,(H,19,20). The number of carboxylic acids is 1. The van der Waals surface area contributed by atoms with Crippen LogP contribution >= 0.6 is 0 Å². The van der Waals surface area contributed by atoms with Gasteiger partial charge in [0.15, 0.2) is 0 Å². The van der Waals surface area contributed by atoms with E-state index in [-0.39, 0.29) is 0 Å². The van der Waals surface area contributed by atoms with Crippen LogP contribution < -0.4 is 0 Å². The van der Waals surface area contributed by atoms with E-state index in [0.717, 1.165) is 18.7 Å². The molecule has 2 aromatic rings. The molecule has 0 spiro atoms. The number of aromatic carboxylic acids is 1. The highest BCUT2D eigenvalue weighted by Gasteiger charge is 2.15. The maximum Gasteiger partial charge on any atom is 0.352 e. The van der Waals surface area contributed by atoms with E-state index in [4.69, 9.17) is 0 Å². The van der Waals surface area contributed by atoms with Gasteiger partial charge < -0.3 is 9.67 Å². The molecular weight excluding hydrogens is 250 g/mol. The number of carbonyl (C=O) groups is 1. The molecule has 1 aromatic heterocycles. The predicted octanol–water partition coefficient (Wildman–Crippen LogP) is 3.74. The first-order valence-corrected chi connectivity index (χ1v) is 6.94. The first-order chi connectivity index (χ1) is 9.47. The summed E-state index contributed by atoms with van der Waals surface area (Å²) in [6.45, 7) is 6.99. The van der Waals surface area contributed by atoms with Crippen LogP contribution in [0.1, 0.15) is 41.2 Å². The highest BCUT2D eigenvalue weighted by atomic mass is 16.4. The predicted molar refractivity (Wildman–Crippen MR) is 80.2 cm³/mol. The van der Waals surface area contributed by atoms with Gasteiger partial charge in [0.25, 0.3) is 0 Å². The molecule has 1 aromatic carbocycles. The monoisotopic (exact) mass is 271 g/mol. The van der Waals surface area contributed by atoms with Crippen LogP contribution in [0.3, 0.4) is 0 Å². The van der Waals surface area contributed by atoms with E-state index in [1.165, 1.54) is 11.1 Å². The second kappa shape index (κ2) is 5.95. The van der Waals surface area contributed by atoms with Gasteiger partial charge in [0.05, 0.1) is 0 Å². The molecule has 0 saturated carbocycles. The third-order valence-electron chi connectivity index (χ3n) is 3.34. The normalized spacial score (nSPS) is 11.0. The van der Waals surface area contributed by atoms with Gasteiger partial charge in [0.2, 0.25) is 0 Å². The Bertz CT molecular complexity index is 594. The average Bonchev–Trinajstić information content (AvgIpc) is 2.75. The van der Waals surface area contributed by atoms with Crippen molar-refractivity contribution in [2.45, 2.75) is 33.7 Å². The Morgan fingerprint density at radius 3 is 2.35 bits per heavy atom. The minimum atomic E-state index is -0.860. The fourth-order valence-electron chi connectivity index (χ4n) is 2.35. The second-order valence-electron chi connectivity index (χ2n) is 5.68. The molecule has 0 unspecified atom stereocenters. The lowest BCUT2D eigenvalue weighted by Crippen LogP contribution is -2.14. The first-order valence-electron chi connectivity index (χ1n) is 6.94. The minimum absolute atomic E-state index is 0.376. The van der Waals surface area contributed by atoms with Gasteiger partial charge in [-0.2, -0.15) is 0 Å². The summed E-state index contributed by atoms with van der Waals surface area (Å²) >= 11 is 0. The fraction of sp³-hybridized carbons (Fsp3) is 0.353. The van der Waals surface area contributed by atoms with E-state index in [0.29, 0.717) is 11.6 Å². The Morgan fingerprint density at radius 2 is 1.80 bits per heavy atom.